The van der Waals surface area contributed by atoms with Crippen LogP contribution in [0.25, 0.3) is 11.0 Å². The molecule has 0 amide bonds. The third-order valence-corrected chi connectivity index (χ3v) is 3.37. The largest absolute Gasteiger partial charge is 0.394 e. The van der Waals surface area contributed by atoms with E-state index in [9.17, 15) is 5.11 Å². The van der Waals surface area contributed by atoms with E-state index in [1.807, 2.05) is 10.8 Å². The Morgan fingerprint density at radius 3 is 3.00 bits per heavy atom. The van der Waals surface area contributed by atoms with Gasteiger partial charge in [0.2, 0.25) is 0 Å². The maximum absolute atomic E-state index is 9.37. The molecular weight excluding hydrogens is 335 g/mol. The lowest BCUT2D eigenvalue weighted by Gasteiger charge is -2.15. The van der Waals surface area contributed by atoms with Gasteiger partial charge in [0.15, 0.2) is 0 Å². The molecule has 2 aromatic heterocycles. The van der Waals surface area contributed by atoms with Crippen LogP contribution >= 0.6 is 22.6 Å². The molecule has 0 aliphatic rings. The van der Waals surface area contributed by atoms with Crippen molar-refractivity contribution < 1.29 is 9.84 Å². The second kappa shape index (κ2) is 5.15. The molecule has 1 atom stereocenters. The molecular formula is C10H13IN4O2. The molecule has 7 heteroatoms. The van der Waals surface area contributed by atoms with Crippen LogP contribution in [0.4, 0.5) is 5.82 Å². The van der Waals surface area contributed by atoms with Crippen molar-refractivity contribution in [3.63, 3.8) is 0 Å². The van der Waals surface area contributed by atoms with E-state index in [4.69, 9.17) is 10.5 Å². The van der Waals surface area contributed by atoms with Crippen molar-refractivity contribution in [2.24, 2.45) is 0 Å². The molecule has 2 heterocycles. The molecule has 0 unspecified atom stereocenters. The first-order valence-electron chi connectivity index (χ1n) is 5.05. The Hall–Kier alpha value is -0.930. The molecule has 17 heavy (non-hydrogen) atoms. The summed E-state index contributed by atoms with van der Waals surface area (Å²) >= 11 is 2.18. The van der Waals surface area contributed by atoms with Gasteiger partial charge in [0.1, 0.15) is 17.8 Å². The number of hydrogen-bond donors (Lipinski definition) is 2. The van der Waals surface area contributed by atoms with Crippen LogP contribution in [-0.4, -0.2) is 40.0 Å². The topological polar surface area (TPSA) is 86.2 Å². The van der Waals surface area contributed by atoms with Gasteiger partial charge in [-0.25, -0.2) is 9.97 Å². The highest BCUT2D eigenvalue weighted by molar-refractivity contribution is 14.1. The number of rotatable bonds is 4. The highest BCUT2D eigenvalue weighted by Gasteiger charge is 2.17. The molecule has 0 aromatic carbocycles. The lowest BCUT2D eigenvalue weighted by atomic mass is 10.3. The molecule has 0 aliphatic carbocycles. The summed E-state index contributed by atoms with van der Waals surface area (Å²) < 4.78 is 7.92. The minimum atomic E-state index is -0.166. The first-order chi connectivity index (χ1) is 8.19. The van der Waals surface area contributed by atoms with Gasteiger partial charge in [-0.2, -0.15) is 0 Å². The van der Waals surface area contributed by atoms with Crippen molar-refractivity contribution >= 4 is 39.4 Å². The van der Waals surface area contributed by atoms with E-state index in [1.54, 1.807) is 7.11 Å². The van der Waals surface area contributed by atoms with E-state index in [-0.39, 0.29) is 12.6 Å². The van der Waals surface area contributed by atoms with E-state index >= 15 is 0 Å². The molecule has 0 radical (unpaired) electrons. The summed E-state index contributed by atoms with van der Waals surface area (Å²) in [6, 6.07) is -0.166. The molecule has 6 nitrogen and oxygen atoms in total. The van der Waals surface area contributed by atoms with Gasteiger partial charge >= 0.3 is 0 Å². The molecule has 3 N–H and O–H groups in total. The third-order valence-electron chi connectivity index (χ3n) is 2.56. The lowest BCUT2D eigenvalue weighted by Crippen LogP contribution is -2.18. The fourth-order valence-electron chi connectivity index (χ4n) is 1.75. The molecule has 0 bridgehead atoms. The average molecular weight is 348 g/mol. The van der Waals surface area contributed by atoms with Gasteiger partial charge in [0.25, 0.3) is 0 Å². The van der Waals surface area contributed by atoms with Gasteiger partial charge in [-0.3, -0.25) is 0 Å². The molecule has 0 fully saturated rings. The number of nitrogens with two attached hydrogens (primary N) is 1. The summed E-state index contributed by atoms with van der Waals surface area (Å²) in [6.07, 6.45) is 3.32. The number of hydrogen-bond acceptors (Lipinski definition) is 5. The first kappa shape index (κ1) is 12.5. The van der Waals surface area contributed by atoms with E-state index < -0.39 is 0 Å². The number of anilines is 1. The molecule has 0 aliphatic heterocycles. The number of aliphatic hydroxyl groups is 1. The fourth-order valence-corrected chi connectivity index (χ4v) is 2.57. The second-order valence-corrected chi connectivity index (χ2v) is 4.80. The number of halogens is 1. The van der Waals surface area contributed by atoms with Gasteiger partial charge in [0, 0.05) is 16.9 Å². The Balaban J connectivity index is 2.58. The standard InChI is InChI=1S/C10H13IN4O2/c1-17-4-6(3-16)15-2-7(11)8-9(12)13-5-14-10(8)15/h2,5-6,16H,3-4H2,1H3,(H2,12,13,14)/t6-/m1/s1. The number of nitrogens with zero attached hydrogens (tertiary/aromatic N) is 3. The summed E-state index contributed by atoms with van der Waals surface area (Å²) in [6.45, 7) is 0.401. The van der Waals surface area contributed by atoms with Crippen LogP contribution in [0.15, 0.2) is 12.5 Å². The number of methoxy groups -OCH3 is 1. The van der Waals surface area contributed by atoms with Gasteiger partial charge in [-0.1, -0.05) is 0 Å². The highest BCUT2D eigenvalue weighted by atomic mass is 127. The number of fused-ring (bicyclic) bond motifs is 1. The van der Waals surface area contributed by atoms with E-state index in [1.165, 1.54) is 6.33 Å². The lowest BCUT2D eigenvalue weighted by molar-refractivity contribution is 0.116. The van der Waals surface area contributed by atoms with Crippen LogP contribution in [0.2, 0.25) is 0 Å². The minimum Gasteiger partial charge on any atom is -0.394 e. The maximum Gasteiger partial charge on any atom is 0.146 e. The average Bonchev–Trinajstić information content (AvgIpc) is 2.65. The molecule has 2 rings (SSSR count). The third kappa shape index (κ3) is 2.22. The van der Waals surface area contributed by atoms with Crippen LogP contribution < -0.4 is 5.73 Å². The molecule has 0 saturated carbocycles. The number of nitrogen functional groups attached to an aromatic ring is 1. The van der Waals surface area contributed by atoms with Crippen molar-refractivity contribution in [1.29, 1.82) is 0 Å². The Morgan fingerprint density at radius 1 is 1.59 bits per heavy atom. The van der Waals surface area contributed by atoms with Crippen molar-refractivity contribution in [1.82, 2.24) is 14.5 Å². The molecule has 0 spiro atoms. The van der Waals surface area contributed by atoms with Crippen LogP contribution in [0.3, 0.4) is 0 Å². The smallest absolute Gasteiger partial charge is 0.146 e. The molecule has 92 valence electrons. The summed E-state index contributed by atoms with van der Waals surface area (Å²) in [7, 11) is 1.60. The van der Waals surface area contributed by atoms with Gasteiger partial charge < -0.3 is 20.1 Å². The number of aromatic nitrogens is 3. The second-order valence-electron chi connectivity index (χ2n) is 3.63. The number of ether oxygens (including phenoxy) is 1. The van der Waals surface area contributed by atoms with Gasteiger partial charge in [0.05, 0.1) is 24.6 Å². The zero-order valence-electron chi connectivity index (χ0n) is 9.30. The zero-order valence-corrected chi connectivity index (χ0v) is 11.5. The van der Waals surface area contributed by atoms with E-state index in [2.05, 4.69) is 32.6 Å². The van der Waals surface area contributed by atoms with Gasteiger partial charge in [-0.05, 0) is 22.6 Å². The Kier molecular flexibility index (Phi) is 3.79. The van der Waals surface area contributed by atoms with Crippen molar-refractivity contribution in [2.45, 2.75) is 6.04 Å². The van der Waals surface area contributed by atoms with Crippen LogP contribution in [0, 0.1) is 3.57 Å². The summed E-state index contributed by atoms with van der Waals surface area (Å²) in [4.78, 5) is 8.18. The maximum atomic E-state index is 9.37. The van der Waals surface area contributed by atoms with E-state index in [0.29, 0.717) is 12.4 Å². The molecule has 2 aromatic rings. The zero-order chi connectivity index (χ0) is 12.4. The van der Waals surface area contributed by atoms with Crippen LogP contribution in [0.5, 0.6) is 0 Å². The quantitative estimate of drug-likeness (QED) is 0.799. The Bertz CT molecular complexity index is 528. The summed E-state index contributed by atoms with van der Waals surface area (Å²) in [5, 5.41) is 10.2. The van der Waals surface area contributed by atoms with Crippen LogP contribution in [0.1, 0.15) is 6.04 Å². The Labute approximate surface area is 112 Å². The summed E-state index contributed by atoms with van der Waals surface area (Å²) in [5.41, 5.74) is 6.54. The van der Waals surface area contributed by atoms with Crippen molar-refractivity contribution in [3.8, 4) is 0 Å². The minimum absolute atomic E-state index is 0.0163. The highest BCUT2D eigenvalue weighted by Crippen LogP contribution is 2.27. The van der Waals surface area contributed by atoms with Crippen molar-refractivity contribution in [3.05, 3.63) is 16.1 Å². The van der Waals surface area contributed by atoms with Crippen LogP contribution in [-0.2, 0) is 4.74 Å². The summed E-state index contributed by atoms with van der Waals surface area (Å²) in [5.74, 6) is 0.451. The molecule has 0 saturated heterocycles. The van der Waals surface area contributed by atoms with Crippen molar-refractivity contribution in [2.75, 3.05) is 26.1 Å². The normalized spacial score (nSPS) is 13.1. The number of aliphatic hydroxyl groups excluding tert-OH is 1. The Morgan fingerprint density at radius 2 is 2.35 bits per heavy atom. The fraction of sp³-hybridized carbons (Fsp3) is 0.400. The monoisotopic (exact) mass is 348 g/mol. The SMILES string of the molecule is COC[C@@H](CO)n1cc(I)c2c(N)ncnc21. The first-order valence-corrected chi connectivity index (χ1v) is 6.13. The van der Waals surface area contributed by atoms with Gasteiger partial charge in [-0.15, -0.1) is 0 Å². The predicted octanol–water partition coefficient (Wildman–Crippen LogP) is 0.798. The van der Waals surface area contributed by atoms with E-state index in [0.717, 1.165) is 14.6 Å². The predicted molar refractivity (Wildman–Crippen MR) is 72.7 cm³/mol.